The van der Waals surface area contributed by atoms with E-state index < -0.39 is 0 Å². The lowest BCUT2D eigenvalue weighted by molar-refractivity contribution is 0.613. The summed E-state index contributed by atoms with van der Waals surface area (Å²) >= 11 is 0. The number of nitrogens with zero attached hydrogens (tertiary/aromatic N) is 2. The molecule has 0 aliphatic heterocycles. The van der Waals surface area contributed by atoms with Crippen LogP contribution in [0.2, 0.25) is 0 Å². The van der Waals surface area contributed by atoms with Crippen LogP contribution in [0.4, 0.5) is 15.9 Å². The van der Waals surface area contributed by atoms with Crippen LogP contribution < -0.4 is 11.1 Å². The SMILES string of the molecule is Nc1cncnc1NCc1ccccc1F. The largest absolute Gasteiger partial charge is 0.394 e. The van der Waals surface area contributed by atoms with Gasteiger partial charge in [0, 0.05) is 12.1 Å². The third-order valence-corrected chi connectivity index (χ3v) is 2.14. The maximum absolute atomic E-state index is 13.3. The molecule has 2 aromatic rings. The molecule has 0 radical (unpaired) electrons. The van der Waals surface area contributed by atoms with Crippen molar-refractivity contribution in [3.8, 4) is 0 Å². The summed E-state index contributed by atoms with van der Waals surface area (Å²) in [5.74, 6) is 0.265. The lowest BCUT2D eigenvalue weighted by Crippen LogP contribution is -2.06. The summed E-state index contributed by atoms with van der Waals surface area (Å²) in [7, 11) is 0. The Morgan fingerprint density at radius 2 is 2.12 bits per heavy atom. The van der Waals surface area contributed by atoms with Gasteiger partial charge in [0.05, 0.1) is 11.9 Å². The number of anilines is 2. The molecule has 0 amide bonds. The standard InChI is InChI=1S/C11H11FN4/c12-9-4-2-1-3-8(9)5-15-11-10(13)6-14-7-16-11/h1-4,6-7H,5,13H2,(H,14,15,16). The Labute approximate surface area is 92.3 Å². The normalized spacial score (nSPS) is 10.1. The van der Waals surface area contributed by atoms with E-state index >= 15 is 0 Å². The van der Waals surface area contributed by atoms with Crippen LogP contribution in [0.3, 0.4) is 0 Å². The smallest absolute Gasteiger partial charge is 0.152 e. The summed E-state index contributed by atoms with van der Waals surface area (Å²) in [5, 5.41) is 2.95. The van der Waals surface area contributed by atoms with Crippen molar-refractivity contribution < 1.29 is 4.39 Å². The summed E-state index contributed by atoms with van der Waals surface area (Å²) < 4.78 is 13.3. The van der Waals surface area contributed by atoms with Crippen molar-refractivity contribution in [3.05, 3.63) is 48.2 Å². The van der Waals surface area contributed by atoms with Crippen molar-refractivity contribution in [3.63, 3.8) is 0 Å². The number of nitrogens with two attached hydrogens (primary N) is 1. The van der Waals surface area contributed by atoms with Gasteiger partial charge in [0.25, 0.3) is 0 Å². The second-order valence-corrected chi connectivity index (χ2v) is 3.27. The monoisotopic (exact) mass is 218 g/mol. The average molecular weight is 218 g/mol. The van der Waals surface area contributed by atoms with E-state index in [9.17, 15) is 4.39 Å². The molecule has 1 aromatic heterocycles. The first-order chi connectivity index (χ1) is 7.77. The summed E-state index contributed by atoms with van der Waals surface area (Å²) in [6, 6.07) is 6.56. The number of nitrogen functional groups attached to an aromatic ring is 1. The van der Waals surface area contributed by atoms with Gasteiger partial charge < -0.3 is 11.1 Å². The van der Waals surface area contributed by atoms with Crippen LogP contribution in [0.15, 0.2) is 36.8 Å². The van der Waals surface area contributed by atoms with E-state index in [0.717, 1.165) is 0 Å². The van der Waals surface area contributed by atoms with Crippen molar-refractivity contribution in [2.75, 3.05) is 11.1 Å². The zero-order valence-electron chi connectivity index (χ0n) is 8.52. The highest BCUT2D eigenvalue weighted by atomic mass is 19.1. The van der Waals surface area contributed by atoms with E-state index in [2.05, 4.69) is 15.3 Å². The molecule has 0 atom stereocenters. The number of rotatable bonds is 3. The van der Waals surface area contributed by atoms with Crippen LogP contribution in [0.5, 0.6) is 0 Å². The minimum Gasteiger partial charge on any atom is -0.394 e. The first-order valence-corrected chi connectivity index (χ1v) is 4.80. The van der Waals surface area contributed by atoms with Crippen LogP contribution in [0, 0.1) is 5.82 Å². The van der Waals surface area contributed by atoms with Gasteiger partial charge >= 0.3 is 0 Å². The number of halogens is 1. The molecule has 0 spiro atoms. The van der Waals surface area contributed by atoms with E-state index in [0.29, 0.717) is 23.6 Å². The fourth-order valence-corrected chi connectivity index (χ4v) is 1.31. The van der Waals surface area contributed by atoms with Crippen molar-refractivity contribution in [1.29, 1.82) is 0 Å². The van der Waals surface area contributed by atoms with E-state index in [-0.39, 0.29) is 5.82 Å². The molecule has 16 heavy (non-hydrogen) atoms. The first-order valence-electron chi connectivity index (χ1n) is 4.80. The van der Waals surface area contributed by atoms with Gasteiger partial charge in [-0.3, -0.25) is 0 Å². The van der Waals surface area contributed by atoms with Gasteiger partial charge in [-0.05, 0) is 6.07 Å². The molecule has 0 aliphatic carbocycles. The second kappa shape index (κ2) is 4.57. The lowest BCUT2D eigenvalue weighted by Gasteiger charge is -2.07. The molecule has 5 heteroatoms. The van der Waals surface area contributed by atoms with E-state index in [1.165, 1.54) is 18.6 Å². The van der Waals surface area contributed by atoms with E-state index in [4.69, 9.17) is 5.73 Å². The Balaban J connectivity index is 2.09. The fraction of sp³-hybridized carbons (Fsp3) is 0.0909. The minimum atomic E-state index is -0.248. The van der Waals surface area contributed by atoms with Crippen LogP contribution in [-0.4, -0.2) is 9.97 Å². The van der Waals surface area contributed by atoms with Crippen molar-refractivity contribution >= 4 is 11.5 Å². The van der Waals surface area contributed by atoms with Crippen molar-refractivity contribution in [2.45, 2.75) is 6.54 Å². The zero-order valence-corrected chi connectivity index (χ0v) is 8.52. The third kappa shape index (κ3) is 2.25. The van der Waals surface area contributed by atoms with Gasteiger partial charge in [0.15, 0.2) is 5.82 Å². The highest BCUT2D eigenvalue weighted by molar-refractivity contribution is 5.59. The van der Waals surface area contributed by atoms with Crippen molar-refractivity contribution in [2.24, 2.45) is 0 Å². The summed E-state index contributed by atoms with van der Waals surface area (Å²) in [5.41, 5.74) is 6.65. The average Bonchev–Trinajstić information content (AvgIpc) is 2.30. The lowest BCUT2D eigenvalue weighted by atomic mass is 10.2. The predicted molar refractivity (Wildman–Crippen MR) is 60.2 cm³/mol. The minimum absolute atomic E-state index is 0.248. The van der Waals surface area contributed by atoms with Gasteiger partial charge in [-0.2, -0.15) is 0 Å². The van der Waals surface area contributed by atoms with Gasteiger partial charge in [-0.15, -0.1) is 0 Å². The highest BCUT2D eigenvalue weighted by Gasteiger charge is 2.02. The molecule has 1 heterocycles. The maximum atomic E-state index is 13.3. The maximum Gasteiger partial charge on any atom is 0.152 e. The van der Waals surface area contributed by atoms with Gasteiger partial charge in [-0.1, -0.05) is 18.2 Å². The van der Waals surface area contributed by atoms with Gasteiger partial charge in [0.2, 0.25) is 0 Å². The Bertz CT molecular complexity index is 441. The van der Waals surface area contributed by atoms with Crippen LogP contribution in [-0.2, 0) is 6.54 Å². The van der Waals surface area contributed by atoms with Gasteiger partial charge in [0.1, 0.15) is 12.1 Å². The van der Waals surface area contributed by atoms with Crippen LogP contribution in [0.1, 0.15) is 5.56 Å². The number of nitrogens with one attached hydrogen (secondary N) is 1. The molecule has 4 nitrogen and oxygen atoms in total. The molecule has 2 rings (SSSR count). The third-order valence-electron chi connectivity index (χ3n) is 2.14. The number of benzene rings is 1. The summed E-state index contributed by atoms with van der Waals surface area (Å²) in [4.78, 5) is 7.72. The first kappa shape index (κ1) is 10.4. The predicted octanol–water partition coefficient (Wildman–Crippen LogP) is 1.81. The molecule has 82 valence electrons. The quantitative estimate of drug-likeness (QED) is 0.824. The molecule has 0 unspecified atom stereocenters. The molecular weight excluding hydrogens is 207 g/mol. The Morgan fingerprint density at radius 1 is 1.31 bits per heavy atom. The Kier molecular flexibility index (Phi) is 2.95. The molecule has 0 saturated heterocycles. The number of hydrogen-bond acceptors (Lipinski definition) is 4. The zero-order chi connectivity index (χ0) is 11.4. The Hall–Kier alpha value is -2.17. The molecule has 1 aromatic carbocycles. The molecule has 0 fully saturated rings. The van der Waals surface area contributed by atoms with Gasteiger partial charge in [-0.25, -0.2) is 14.4 Å². The second-order valence-electron chi connectivity index (χ2n) is 3.27. The fourth-order valence-electron chi connectivity index (χ4n) is 1.31. The van der Waals surface area contributed by atoms with E-state index in [1.54, 1.807) is 18.2 Å². The Morgan fingerprint density at radius 3 is 2.88 bits per heavy atom. The molecule has 0 bridgehead atoms. The molecule has 0 saturated carbocycles. The number of aromatic nitrogens is 2. The van der Waals surface area contributed by atoms with Crippen molar-refractivity contribution in [1.82, 2.24) is 9.97 Å². The summed E-state index contributed by atoms with van der Waals surface area (Å²) in [6.07, 6.45) is 2.89. The van der Waals surface area contributed by atoms with E-state index in [1.807, 2.05) is 0 Å². The van der Waals surface area contributed by atoms with Crippen LogP contribution in [0.25, 0.3) is 0 Å². The van der Waals surface area contributed by atoms with Crippen LogP contribution >= 0.6 is 0 Å². The molecule has 3 N–H and O–H groups in total. The molecule has 0 aliphatic rings. The highest BCUT2D eigenvalue weighted by Crippen LogP contribution is 2.14. The summed E-state index contributed by atoms with van der Waals surface area (Å²) in [6.45, 7) is 0.341. The molecular formula is C11H11FN4. The topological polar surface area (TPSA) is 63.8 Å². The number of hydrogen-bond donors (Lipinski definition) is 2.